The summed E-state index contributed by atoms with van der Waals surface area (Å²) in [4.78, 5) is 23.5. The van der Waals surface area contributed by atoms with Gasteiger partial charge in [0.15, 0.2) is 11.0 Å². The number of fused-ring (bicyclic) bond motifs is 1. The summed E-state index contributed by atoms with van der Waals surface area (Å²) in [7, 11) is 0. The van der Waals surface area contributed by atoms with Gasteiger partial charge in [-0.25, -0.2) is 0 Å². The molecule has 0 aliphatic carbocycles. The zero-order valence-electron chi connectivity index (χ0n) is 13.8. The highest BCUT2D eigenvalue weighted by Gasteiger charge is 2.35. The number of rotatable bonds is 4. The van der Waals surface area contributed by atoms with Gasteiger partial charge in [0.1, 0.15) is 18.1 Å². The van der Waals surface area contributed by atoms with Crippen LogP contribution >= 0.6 is 11.3 Å². The van der Waals surface area contributed by atoms with Gasteiger partial charge in [0, 0.05) is 16.2 Å². The molecule has 0 saturated carbocycles. The summed E-state index contributed by atoms with van der Waals surface area (Å²) in [6.45, 7) is 5.75. The van der Waals surface area contributed by atoms with Crippen LogP contribution in [-0.2, 0) is 9.53 Å². The van der Waals surface area contributed by atoms with Crippen molar-refractivity contribution < 1.29 is 14.3 Å². The minimum atomic E-state index is -0.791. The Bertz CT molecular complexity index is 918. The Hall–Kier alpha value is -2.40. The summed E-state index contributed by atoms with van der Waals surface area (Å²) < 4.78 is 12.3. The number of hydrogen-bond acceptors (Lipinski definition) is 5. The minimum Gasteiger partial charge on any atom is -0.489 e. The summed E-state index contributed by atoms with van der Waals surface area (Å²) in [6, 6.07) is 7.00. The maximum Gasteiger partial charge on any atom is 0.202 e. The summed E-state index contributed by atoms with van der Waals surface area (Å²) in [5, 5.41) is 2.48. The largest absolute Gasteiger partial charge is 0.489 e. The Kier molecular flexibility index (Phi) is 4.28. The lowest BCUT2D eigenvalue weighted by Crippen LogP contribution is -2.27. The minimum absolute atomic E-state index is 0.0173. The predicted molar refractivity (Wildman–Crippen MR) is 95.6 cm³/mol. The van der Waals surface area contributed by atoms with Crippen molar-refractivity contribution in [2.24, 2.45) is 0 Å². The summed E-state index contributed by atoms with van der Waals surface area (Å²) in [6.07, 6.45) is 3.40. The quantitative estimate of drug-likeness (QED) is 0.847. The molecule has 0 N–H and O–H groups in total. The van der Waals surface area contributed by atoms with Crippen molar-refractivity contribution in [1.29, 1.82) is 0 Å². The van der Waals surface area contributed by atoms with Crippen molar-refractivity contribution in [3.63, 3.8) is 0 Å². The van der Waals surface area contributed by atoms with Gasteiger partial charge >= 0.3 is 0 Å². The smallest absolute Gasteiger partial charge is 0.202 e. The summed E-state index contributed by atoms with van der Waals surface area (Å²) in [5.74, 6) is 1.26. The molecule has 124 valence electrons. The van der Waals surface area contributed by atoms with Crippen molar-refractivity contribution in [3.8, 4) is 5.75 Å². The van der Waals surface area contributed by atoms with Crippen molar-refractivity contribution in [1.82, 2.24) is 0 Å². The second-order valence-corrected chi connectivity index (χ2v) is 7.07. The Morgan fingerprint density at radius 2 is 2.08 bits per heavy atom. The van der Waals surface area contributed by atoms with E-state index < -0.39 is 5.60 Å². The van der Waals surface area contributed by atoms with Crippen LogP contribution in [0.1, 0.15) is 20.8 Å². The highest BCUT2D eigenvalue weighted by molar-refractivity contribution is 7.16. The number of ether oxygens (including phenoxy) is 2. The lowest BCUT2D eigenvalue weighted by Gasteiger charge is -2.18. The Morgan fingerprint density at radius 3 is 2.79 bits per heavy atom. The highest BCUT2D eigenvalue weighted by atomic mass is 32.1. The second-order valence-electron chi connectivity index (χ2n) is 6.13. The molecular formula is C19H18O4S. The van der Waals surface area contributed by atoms with Crippen LogP contribution in [0.25, 0.3) is 10.1 Å². The molecule has 0 radical (unpaired) electrons. The van der Waals surface area contributed by atoms with Crippen LogP contribution in [0.4, 0.5) is 0 Å². The van der Waals surface area contributed by atoms with Gasteiger partial charge < -0.3 is 9.47 Å². The number of carbonyl (C=O) groups is 1. The second kappa shape index (κ2) is 6.24. The SMILES string of the molecule is C/C(=C\COc1ccc2c(=O)ccsc2c1)C1=CC(=O)C(C)(C)O1. The number of hydrogen-bond donors (Lipinski definition) is 0. The molecule has 0 bridgehead atoms. The molecule has 3 rings (SSSR count). The molecule has 0 saturated heterocycles. The monoisotopic (exact) mass is 342 g/mol. The van der Waals surface area contributed by atoms with E-state index in [0.717, 1.165) is 10.3 Å². The zero-order chi connectivity index (χ0) is 17.3. The van der Waals surface area contributed by atoms with E-state index in [9.17, 15) is 9.59 Å². The van der Waals surface area contributed by atoms with Crippen LogP contribution in [0, 0.1) is 0 Å². The maximum atomic E-state index is 11.8. The number of ketones is 1. The van der Waals surface area contributed by atoms with Crippen LogP contribution in [0.15, 0.2) is 57.9 Å². The Morgan fingerprint density at radius 1 is 1.29 bits per heavy atom. The van der Waals surface area contributed by atoms with Gasteiger partial charge in [-0.3, -0.25) is 9.59 Å². The van der Waals surface area contributed by atoms with Crippen LogP contribution in [0.5, 0.6) is 5.75 Å². The first-order valence-electron chi connectivity index (χ1n) is 7.63. The molecule has 1 aliphatic heterocycles. The third-order valence-electron chi connectivity index (χ3n) is 3.88. The molecule has 2 heterocycles. The first-order valence-corrected chi connectivity index (χ1v) is 8.51. The Balaban J connectivity index is 1.69. The van der Waals surface area contributed by atoms with E-state index in [4.69, 9.17) is 9.47 Å². The third-order valence-corrected chi connectivity index (χ3v) is 4.75. The van der Waals surface area contributed by atoms with Crippen LogP contribution in [-0.4, -0.2) is 18.0 Å². The van der Waals surface area contributed by atoms with E-state index >= 15 is 0 Å². The highest BCUT2D eigenvalue weighted by Crippen LogP contribution is 2.28. The molecule has 0 fully saturated rings. The normalized spacial score (nSPS) is 16.9. The molecule has 0 spiro atoms. The topological polar surface area (TPSA) is 52.6 Å². The molecule has 5 heteroatoms. The lowest BCUT2D eigenvalue weighted by atomic mass is 10.1. The van der Waals surface area contributed by atoms with E-state index in [0.29, 0.717) is 23.5 Å². The van der Waals surface area contributed by atoms with Gasteiger partial charge in [-0.05, 0) is 62.1 Å². The first-order chi connectivity index (χ1) is 11.4. The van der Waals surface area contributed by atoms with Gasteiger partial charge in [-0.2, -0.15) is 0 Å². The third kappa shape index (κ3) is 3.26. The van der Waals surface area contributed by atoms with E-state index in [1.54, 1.807) is 37.4 Å². The van der Waals surface area contributed by atoms with Crippen LogP contribution < -0.4 is 10.2 Å². The summed E-state index contributed by atoms with van der Waals surface area (Å²) in [5.41, 5.74) is 0.0872. The van der Waals surface area contributed by atoms with Crippen LogP contribution in [0.3, 0.4) is 0 Å². The van der Waals surface area contributed by atoms with Crippen molar-refractivity contribution in [2.45, 2.75) is 26.4 Å². The first kappa shape index (κ1) is 16.5. The van der Waals surface area contributed by atoms with E-state index in [2.05, 4.69) is 0 Å². The number of benzene rings is 1. The average Bonchev–Trinajstić information content (AvgIpc) is 2.81. The number of carbonyl (C=O) groups excluding carboxylic acids is 1. The molecule has 0 atom stereocenters. The molecule has 4 nitrogen and oxygen atoms in total. The van der Waals surface area contributed by atoms with Crippen molar-refractivity contribution in [2.75, 3.05) is 6.61 Å². The lowest BCUT2D eigenvalue weighted by molar-refractivity contribution is -0.126. The standard InChI is InChI=1S/C19H18O4S/c1-12(16-11-18(21)19(2,3)23-16)6-8-22-13-4-5-14-15(20)7-9-24-17(14)10-13/h4-7,9-11H,8H2,1-3H3/b12-6+. The van der Waals surface area contributed by atoms with Crippen molar-refractivity contribution >= 4 is 27.2 Å². The molecule has 0 unspecified atom stereocenters. The molecule has 1 aromatic carbocycles. The number of allylic oxidation sites excluding steroid dienone is 1. The maximum absolute atomic E-state index is 11.8. The zero-order valence-corrected chi connectivity index (χ0v) is 14.6. The molecule has 24 heavy (non-hydrogen) atoms. The average molecular weight is 342 g/mol. The molecular weight excluding hydrogens is 324 g/mol. The van der Waals surface area contributed by atoms with Crippen molar-refractivity contribution in [3.05, 3.63) is 63.4 Å². The van der Waals surface area contributed by atoms with Gasteiger partial charge in [0.2, 0.25) is 5.78 Å². The fraction of sp³-hybridized carbons (Fsp3) is 0.263. The fourth-order valence-electron chi connectivity index (χ4n) is 2.36. The van der Waals surface area contributed by atoms with E-state index in [1.807, 2.05) is 19.1 Å². The molecule has 1 aliphatic rings. The summed E-state index contributed by atoms with van der Waals surface area (Å²) >= 11 is 1.50. The van der Waals surface area contributed by atoms with Gasteiger partial charge in [0.05, 0.1) is 0 Å². The van der Waals surface area contributed by atoms with Crippen LogP contribution in [0.2, 0.25) is 0 Å². The predicted octanol–water partition coefficient (Wildman–Crippen LogP) is 3.85. The van der Waals surface area contributed by atoms with Gasteiger partial charge in [-0.15, -0.1) is 11.3 Å². The molecule has 1 aromatic heterocycles. The van der Waals surface area contributed by atoms with Gasteiger partial charge in [0.25, 0.3) is 0 Å². The molecule has 2 aromatic rings. The Labute approximate surface area is 144 Å². The fourth-order valence-corrected chi connectivity index (χ4v) is 3.18. The molecule has 0 amide bonds. The van der Waals surface area contributed by atoms with E-state index in [1.165, 1.54) is 17.4 Å². The van der Waals surface area contributed by atoms with E-state index in [-0.39, 0.29) is 11.2 Å². The van der Waals surface area contributed by atoms with Gasteiger partial charge in [-0.1, -0.05) is 0 Å².